The minimum atomic E-state index is -1.16. The number of benzene rings is 2. The van der Waals surface area contributed by atoms with Gasteiger partial charge in [0.2, 0.25) is 5.78 Å². The number of hydrogen-bond acceptors (Lipinski definition) is 8. The number of carbonyl (C=O) groups is 2. The zero-order valence-corrected chi connectivity index (χ0v) is 16.5. The molecule has 2 aromatic rings. The van der Waals surface area contributed by atoms with Crippen LogP contribution in [0.1, 0.15) is 34.6 Å². The Morgan fingerprint density at radius 1 is 1.07 bits per heavy atom. The first kappa shape index (κ1) is 21.7. The Morgan fingerprint density at radius 2 is 1.72 bits per heavy atom. The minimum Gasteiger partial charge on any atom is -0.497 e. The number of nitrogens with zero attached hydrogens (tertiary/aromatic N) is 1. The summed E-state index contributed by atoms with van der Waals surface area (Å²) in [6.45, 7) is 3.37. The van der Waals surface area contributed by atoms with Crippen LogP contribution < -0.4 is 14.2 Å². The van der Waals surface area contributed by atoms with E-state index in [9.17, 15) is 19.7 Å². The molecule has 0 heterocycles. The number of ketones is 1. The summed E-state index contributed by atoms with van der Waals surface area (Å²) in [5.74, 6) is -0.639. The van der Waals surface area contributed by atoms with Gasteiger partial charge in [-0.3, -0.25) is 14.9 Å². The van der Waals surface area contributed by atoms with Gasteiger partial charge < -0.3 is 18.9 Å². The maximum Gasteiger partial charge on any atom is 0.346 e. The molecule has 0 aliphatic carbocycles. The second-order valence-electron chi connectivity index (χ2n) is 5.85. The van der Waals surface area contributed by atoms with Crippen molar-refractivity contribution in [1.82, 2.24) is 0 Å². The largest absolute Gasteiger partial charge is 0.497 e. The molecular formula is C20H21NO8. The Balaban J connectivity index is 2.29. The van der Waals surface area contributed by atoms with Gasteiger partial charge in [-0.15, -0.1) is 0 Å². The van der Waals surface area contributed by atoms with E-state index in [0.717, 1.165) is 6.07 Å². The molecule has 0 aliphatic rings. The molecule has 9 nitrogen and oxygen atoms in total. The van der Waals surface area contributed by atoms with Gasteiger partial charge in [-0.1, -0.05) is 0 Å². The maximum atomic E-state index is 12.6. The van der Waals surface area contributed by atoms with E-state index in [1.54, 1.807) is 19.1 Å². The number of hydrogen-bond donors (Lipinski definition) is 0. The van der Waals surface area contributed by atoms with Crippen molar-refractivity contribution in [2.75, 3.05) is 20.8 Å². The summed E-state index contributed by atoms with van der Waals surface area (Å²) in [7, 11) is 2.83. The van der Waals surface area contributed by atoms with Crippen LogP contribution in [-0.2, 0) is 4.74 Å². The van der Waals surface area contributed by atoms with E-state index in [1.807, 2.05) is 0 Å². The lowest BCUT2D eigenvalue weighted by Gasteiger charge is -2.14. The van der Waals surface area contributed by atoms with Crippen molar-refractivity contribution in [3.8, 4) is 17.2 Å². The number of nitro benzene ring substituents is 1. The molecule has 154 valence electrons. The highest BCUT2D eigenvalue weighted by atomic mass is 16.6. The number of methoxy groups -OCH3 is 2. The minimum absolute atomic E-state index is 0.109. The smallest absolute Gasteiger partial charge is 0.346 e. The summed E-state index contributed by atoms with van der Waals surface area (Å²) < 4.78 is 20.7. The average Bonchev–Trinajstić information content (AvgIpc) is 2.72. The van der Waals surface area contributed by atoms with Crippen molar-refractivity contribution >= 4 is 17.4 Å². The van der Waals surface area contributed by atoms with Crippen molar-refractivity contribution < 1.29 is 33.5 Å². The molecule has 9 heteroatoms. The van der Waals surface area contributed by atoms with Crippen molar-refractivity contribution in [3.05, 3.63) is 57.6 Å². The Bertz CT molecular complexity index is 907. The third-order valence-corrected chi connectivity index (χ3v) is 4.03. The summed E-state index contributed by atoms with van der Waals surface area (Å²) in [5, 5.41) is 11.4. The van der Waals surface area contributed by atoms with Crippen LogP contribution in [0, 0.1) is 10.1 Å². The summed E-state index contributed by atoms with van der Waals surface area (Å²) in [4.78, 5) is 35.7. The van der Waals surface area contributed by atoms with Crippen LogP contribution in [-0.4, -0.2) is 43.6 Å². The van der Waals surface area contributed by atoms with Gasteiger partial charge in [0.25, 0.3) is 5.69 Å². The molecule has 29 heavy (non-hydrogen) atoms. The Hall–Kier alpha value is -3.62. The summed E-state index contributed by atoms with van der Waals surface area (Å²) >= 11 is 0. The third-order valence-electron chi connectivity index (χ3n) is 4.03. The van der Waals surface area contributed by atoms with Gasteiger partial charge in [0.15, 0.2) is 17.6 Å². The van der Waals surface area contributed by atoms with Crippen LogP contribution in [0.5, 0.6) is 17.2 Å². The zero-order chi connectivity index (χ0) is 21.6. The van der Waals surface area contributed by atoms with Gasteiger partial charge in [0.05, 0.1) is 31.8 Å². The van der Waals surface area contributed by atoms with Crippen molar-refractivity contribution in [1.29, 1.82) is 0 Å². The van der Waals surface area contributed by atoms with E-state index in [-0.39, 0.29) is 23.7 Å². The molecule has 0 saturated heterocycles. The van der Waals surface area contributed by atoms with E-state index >= 15 is 0 Å². The lowest BCUT2D eigenvalue weighted by molar-refractivity contribution is -0.385. The molecule has 2 aromatic carbocycles. The van der Waals surface area contributed by atoms with Gasteiger partial charge in [0, 0.05) is 11.6 Å². The summed E-state index contributed by atoms with van der Waals surface area (Å²) in [6.07, 6.45) is -1.16. The first-order valence-corrected chi connectivity index (χ1v) is 8.70. The Morgan fingerprint density at radius 3 is 2.24 bits per heavy atom. The number of nitro groups is 1. The van der Waals surface area contributed by atoms with Crippen molar-refractivity contribution in [2.45, 2.75) is 20.0 Å². The molecule has 1 atom stereocenters. The molecule has 0 aromatic heterocycles. The summed E-state index contributed by atoms with van der Waals surface area (Å²) in [6, 6.07) is 8.53. The second-order valence-corrected chi connectivity index (χ2v) is 5.85. The average molecular weight is 403 g/mol. The first-order chi connectivity index (χ1) is 13.8. The van der Waals surface area contributed by atoms with E-state index in [4.69, 9.17) is 18.9 Å². The molecule has 2 rings (SSSR count). The van der Waals surface area contributed by atoms with Crippen LogP contribution in [0.2, 0.25) is 0 Å². The van der Waals surface area contributed by atoms with Gasteiger partial charge in [-0.2, -0.15) is 0 Å². The highest BCUT2D eigenvalue weighted by Crippen LogP contribution is 2.35. The SMILES string of the molecule is CCOc1cc(C(=O)O[C@@H](C)C(=O)c2ccc(OC)cc2)c([N+](=O)[O-])cc1OC. The van der Waals surface area contributed by atoms with Crippen molar-refractivity contribution in [3.63, 3.8) is 0 Å². The van der Waals surface area contributed by atoms with Gasteiger partial charge in [-0.05, 0) is 38.1 Å². The zero-order valence-electron chi connectivity index (χ0n) is 16.5. The third kappa shape index (κ3) is 5.01. The topological polar surface area (TPSA) is 114 Å². The highest BCUT2D eigenvalue weighted by Gasteiger charge is 2.28. The quantitative estimate of drug-likeness (QED) is 0.271. The fourth-order valence-corrected chi connectivity index (χ4v) is 2.56. The lowest BCUT2D eigenvalue weighted by atomic mass is 10.1. The van der Waals surface area contributed by atoms with Gasteiger partial charge in [0.1, 0.15) is 11.3 Å². The van der Waals surface area contributed by atoms with E-state index in [2.05, 4.69) is 0 Å². The number of rotatable bonds is 9. The van der Waals surface area contributed by atoms with Gasteiger partial charge in [-0.25, -0.2) is 4.79 Å². The Kier molecular flexibility index (Phi) is 7.13. The lowest BCUT2D eigenvalue weighted by Crippen LogP contribution is -2.25. The van der Waals surface area contributed by atoms with Crippen LogP contribution in [0.4, 0.5) is 5.69 Å². The highest BCUT2D eigenvalue weighted by molar-refractivity contribution is 6.02. The monoisotopic (exact) mass is 403 g/mol. The predicted molar refractivity (Wildman–Crippen MR) is 103 cm³/mol. The standard InChI is InChI=1S/C20H21NO8/c1-5-28-18-10-15(16(21(24)25)11-17(18)27-4)20(23)29-12(2)19(22)13-6-8-14(26-3)9-7-13/h6-12H,5H2,1-4H3/t12-/m0/s1. The van der Waals surface area contributed by atoms with Crippen LogP contribution in [0.3, 0.4) is 0 Å². The Labute approximate surface area is 167 Å². The van der Waals surface area contributed by atoms with Gasteiger partial charge >= 0.3 is 5.97 Å². The molecule has 0 aliphatic heterocycles. The molecule has 0 saturated carbocycles. The molecule has 0 bridgehead atoms. The predicted octanol–water partition coefficient (Wildman–Crippen LogP) is 3.44. The van der Waals surface area contributed by atoms with E-state index in [0.29, 0.717) is 11.3 Å². The summed E-state index contributed by atoms with van der Waals surface area (Å²) in [5.41, 5.74) is -0.543. The number of carbonyl (C=O) groups excluding carboxylic acids is 2. The van der Waals surface area contributed by atoms with E-state index in [1.165, 1.54) is 39.3 Å². The maximum absolute atomic E-state index is 12.6. The molecule has 0 N–H and O–H groups in total. The molecule has 0 amide bonds. The second kappa shape index (κ2) is 9.54. The van der Waals surface area contributed by atoms with Crippen LogP contribution >= 0.6 is 0 Å². The fourth-order valence-electron chi connectivity index (χ4n) is 2.56. The normalized spacial score (nSPS) is 11.3. The molecule has 0 unspecified atom stereocenters. The van der Waals surface area contributed by atoms with Crippen molar-refractivity contribution in [2.24, 2.45) is 0 Å². The molecule has 0 spiro atoms. The van der Waals surface area contributed by atoms with Crippen LogP contribution in [0.25, 0.3) is 0 Å². The number of Topliss-reactive ketones (excluding diaryl/α,β-unsaturated/α-hetero) is 1. The first-order valence-electron chi connectivity index (χ1n) is 8.70. The number of ether oxygens (including phenoxy) is 4. The van der Waals surface area contributed by atoms with E-state index < -0.39 is 28.5 Å². The number of esters is 1. The molecule has 0 fully saturated rings. The molecule has 0 radical (unpaired) electrons. The fraction of sp³-hybridized carbons (Fsp3) is 0.300. The molecular weight excluding hydrogens is 382 g/mol. The van der Waals surface area contributed by atoms with Crippen LogP contribution in [0.15, 0.2) is 36.4 Å².